The number of aromatic nitrogens is 1. The van der Waals surface area contributed by atoms with Gasteiger partial charge in [0.2, 0.25) is 0 Å². The smallest absolute Gasteiger partial charge is 0.305 e. The third-order valence-corrected chi connectivity index (χ3v) is 2.89. The molecule has 0 fully saturated rings. The van der Waals surface area contributed by atoms with Crippen molar-refractivity contribution >= 4 is 27.8 Å². The molecule has 1 heterocycles. The molecule has 2 N–H and O–H groups in total. The van der Waals surface area contributed by atoms with E-state index >= 15 is 0 Å². The zero-order chi connectivity index (χ0) is 13.0. The number of carbonyl (C=O) groups excluding carboxylic acids is 1. The zero-order valence-electron chi connectivity index (χ0n) is 9.74. The molecule has 1 amide bonds. The van der Waals surface area contributed by atoms with E-state index in [1.165, 1.54) is 0 Å². The summed E-state index contributed by atoms with van der Waals surface area (Å²) in [6.07, 6.45) is 2.30. The highest BCUT2D eigenvalue weighted by Crippen LogP contribution is 2.14. The van der Waals surface area contributed by atoms with Crippen LogP contribution in [0.1, 0.15) is 30.3 Å². The first-order chi connectivity index (χ1) is 7.93. The summed E-state index contributed by atoms with van der Waals surface area (Å²) in [5.74, 6) is -1.17. The minimum atomic E-state index is -0.912. The summed E-state index contributed by atoms with van der Waals surface area (Å²) < 4.78 is 2.50. The van der Waals surface area contributed by atoms with Gasteiger partial charge in [-0.3, -0.25) is 9.59 Å². The van der Waals surface area contributed by atoms with E-state index in [1.807, 2.05) is 6.92 Å². The van der Waals surface area contributed by atoms with Crippen LogP contribution in [0.25, 0.3) is 0 Å². The van der Waals surface area contributed by atoms with E-state index in [2.05, 4.69) is 21.2 Å². The Labute approximate surface area is 108 Å². The van der Waals surface area contributed by atoms with Gasteiger partial charge in [-0.1, -0.05) is 6.92 Å². The number of halogens is 1. The molecular weight excluding hydrogens is 288 g/mol. The third kappa shape index (κ3) is 3.89. The van der Waals surface area contributed by atoms with Gasteiger partial charge in [0.15, 0.2) is 0 Å². The molecule has 6 heteroatoms. The van der Waals surface area contributed by atoms with Gasteiger partial charge in [0, 0.05) is 23.8 Å². The SMILES string of the molecule is CCC(CC(=O)O)NC(=O)c1cc(Br)cn1C. The van der Waals surface area contributed by atoms with Crippen LogP contribution >= 0.6 is 15.9 Å². The van der Waals surface area contributed by atoms with E-state index in [0.29, 0.717) is 12.1 Å². The van der Waals surface area contributed by atoms with Gasteiger partial charge in [0.1, 0.15) is 5.69 Å². The van der Waals surface area contributed by atoms with Crippen LogP contribution in [0.5, 0.6) is 0 Å². The fourth-order valence-corrected chi connectivity index (χ4v) is 2.04. The monoisotopic (exact) mass is 302 g/mol. The van der Waals surface area contributed by atoms with E-state index in [9.17, 15) is 9.59 Å². The van der Waals surface area contributed by atoms with Crippen molar-refractivity contribution in [2.75, 3.05) is 0 Å². The third-order valence-electron chi connectivity index (χ3n) is 2.45. The molecule has 94 valence electrons. The van der Waals surface area contributed by atoms with Crippen molar-refractivity contribution < 1.29 is 14.7 Å². The summed E-state index contributed by atoms with van der Waals surface area (Å²) >= 11 is 3.28. The number of carboxylic acids is 1. The van der Waals surface area contributed by atoms with Crippen molar-refractivity contribution in [3.63, 3.8) is 0 Å². The molecule has 1 rings (SSSR count). The number of aryl methyl sites for hydroxylation is 1. The summed E-state index contributed by atoms with van der Waals surface area (Å²) in [6.45, 7) is 1.84. The topological polar surface area (TPSA) is 71.3 Å². The predicted octanol–water partition coefficient (Wildman–Crippen LogP) is 1.77. The molecule has 0 aliphatic rings. The van der Waals surface area contributed by atoms with Crippen molar-refractivity contribution in [2.45, 2.75) is 25.8 Å². The van der Waals surface area contributed by atoms with E-state index in [0.717, 1.165) is 4.47 Å². The van der Waals surface area contributed by atoms with Crippen LogP contribution < -0.4 is 5.32 Å². The Morgan fingerprint density at radius 2 is 2.24 bits per heavy atom. The second-order valence-corrected chi connectivity index (χ2v) is 4.75. The zero-order valence-corrected chi connectivity index (χ0v) is 11.3. The van der Waals surface area contributed by atoms with Crippen LogP contribution in [0.15, 0.2) is 16.7 Å². The Bertz CT molecular complexity index is 428. The van der Waals surface area contributed by atoms with Gasteiger partial charge in [-0.2, -0.15) is 0 Å². The summed E-state index contributed by atoms with van der Waals surface area (Å²) in [5, 5.41) is 11.4. The highest BCUT2D eigenvalue weighted by atomic mass is 79.9. The van der Waals surface area contributed by atoms with Crippen molar-refractivity contribution in [1.82, 2.24) is 9.88 Å². The van der Waals surface area contributed by atoms with E-state index in [4.69, 9.17) is 5.11 Å². The maximum atomic E-state index is 11.9. The highest BCUT2D eigenvalue weighted by molar-refractivity contribution is 9.10. The van der Waals surface area contributed by atoms with Gasteiger partial charge in [-0.05, 0) is 28.4 Å². The summed E-state index contributed by atoms with van der Waals surface area (Å²) in [7, 11) is 1.76. The lowest BCUT2D eigenvalue weighted by Gasteiger charge is -2.14. The molecule has 1 aromatic heterocycles. The van der Waals surface area contributed by atoms with Crippen molar-refractivity contribution in [3.05, 3.63) is 22.4 Å². The standard InChI is InChI=1S/C11H15BrN2O3/c1-3-8(5-10(15)16)13-11(17)9-4-7(12)6-14(9)2/h4,6,8H,3,5H2,1-2H3,(H,13,17)(H,15,16). The number of aliphatic carboxylic acids is 1. The Morgan fingerprint density at radius 3 is 2.65 bits per heavy atom. The molecule has 0 aliphatic carbocycles. The first-order valence-electron chi connectivity index (χ1n) is 5.28. The van der Waals surface area contributed by atoms with Gasteiger partial charge in [-0.15, -0.1) is 0 Å². The molecular formula is C11H15BrN2O3. The molecule has 0 aliphatic heterocycles. The minimum Gasteiger partial charge on any atom is -0.481 e. The summed E-state index contributed by atoms with van der Waals surface area (Å²) in [6, 6.07) is 1.36. The van der Waals surface area contributed by atoms with Gasteiger partial charge in [0.05, 0.1) is 6.42 Å². The quantitative estimate of drug-likeness (QED) is 0.871. The predicted molar refractivity (Wildman–Crippen MR) is 66.9 cm³/mol. The number of nitrogens with zero attached hydrogens (tertiary/aromatic N) is 1. The van der Waals surface area contributed by atoms with Crippen LogP contribution in [-0.2, 0) is 11.8 Å². The average molecular weight is 303 g/mol. The maximum Gasteiger partial charge on any atom is 0.305 e. The van der Waals surface area contributed by atoms with Crippen LogP contribution in [0.4, 0.5) is 0 Å². The Hall–Kier alpha value is -1.30. The number of carbonyl (C=O) groups is 2. The fraction of sp³-hybridized carbons (Fsp3) is 0.455. The fourth-order valence-electron chi connectivity index (χ4n) is 1.52. The maximum absolute atomic E-state index is 11.9. The lowest BCUT2D eigenvalue weighted by Crippen LogP contribution is -2.36. The lowest BCUT2D eigenvalue weighted by atomic mass is 10.1. The minimum absolute atomic E-state index is 0.0617. The second kappa shape index (κ2) is 5.86. The first kappa shape index (κ1) is 13.8. The average Bonchev–Trinajstić information content (AvgIpc) is 2.56. The van der Waals surface area contributed by atoms with E-state index < -0.39 is 5.97 Å². The molecule has 0 aromatic carbocycles. The molecule has 5 nitrogen and oxygen atoms in total. The molecule has 0 bridgehead atoms. The molecule has 1 unspecified atom stereocenters. The Kier molecular flexibility index (Phi) is 4.74. The molecule has 0 saturated heterocycles. The number of rotatable bonds is 5. The molecule has 0 saturated carbocycles. The normalized spacial score (nSPS) is 12.2. The molecule has 17 heavy (non-hydrogen) atoms. The number of nitrogens with one attached hydrogen (secondary N) is 1. The molecule has 0 spiro atoms. The van der Waals surface area contributed by atoms with Crippen molar-refractivity contribution in [2.24, 2.45) is 7.05 Å². The summed E-state index contributed by atoms with van der Waals surface area (Å²) in [5.41, 5.74) is 0.501. The second-order valence-electron chi connectivity index (χ2n) is 3.83. The first-order valence-corrected chi connectivity index (χ1v) is 6.07. The Balaban J connectivity index is 2.70. The lowest BCUT2D eigenvalue weighted by molar-refractivity contribution is -0.137. The molecule has 0 radical (unpaired) electrons. The van der Waals surface area contributed by atoms with Crippen LogP contribution in [-0.4, -0.2) is 27.6 Å². The highest BCUT2D eigenvalue weighted by Gasteiger charge is 2.17. The van der Waals surface area contributed by atoms with Gasteiger partial charge in [0.25, 0.3) is 5.91 Å². The van der Waals surface area contributed by atoms with Gasteiger partial charge >= 0.3 is 5.97 Å². The van der Waals surface area contributed by atoms with Crippen LogP contribution in [0.2, 0.25) is 0 Å². The number of hydrogen-bond donors (Lipinski definition) is 2. The van der Waals surface area contributed by atoms with Crippen LogP contribution in [0.3, 0.4) is 0 Å². The van der Waals surface area contributed by atoms with Crippen molar-refractivity contribution in [3.8, 4) is 0 Å². The van der Waals surface area contributed by atoms with Crippen LogP contribution in [0, 0.1) is 0 Å². The number of hydrogen-bond acceptors (Lipinski definition) is 2. The Morgan fingerprint density at radius 1 is 1.59 bits per heavy atom. The molecule has 1 atom stereocenters. The van der Waals surface area contributed by atoms with E-state index in [-0.39, 0.29) is 18.4 Å². The van der Waals surface area contributed by atoms with Crippen molar-refractivity contribution in [1.29, 1.82) is 0 Å². The molecule has 1 aromatic rings. The largest absolute Gasteiger partial charge is 0.481 e. The number of carboxylic acid groups (broad SMARTS) is 1. The summed E-state index contributed by atoms with van der Waals surface area (Å²) in [4.78, 5) is 22.5. The van der Waals surface area contributed by atoms with Gasteiger partial charge in [-0.25, -0.2) is 0 Å². The number of amides is 1. The van der Waals surface area contributed by atoms with Gasteiger partial charge < -0.3 is 15.0 Å². The van der Waals surface area contributed by atoms with E-state index in [1.54, 1.807) is 23.9 Å².